The summed E-state index contributed by atoms with van der Waals surface area (Å²) in [5.41, 5.74) is 2.17. The van der Waals surface area contributed by atoms with Crippen molar-refractivity contribution in [2.24, 2.45) is 0 Å². The van der Waals surface area contributed by atoms with E-state index < -0.39 is 5.82 Å². The zero-order chi connectivity index (χ0) is 16.8. The molecule has 0 spiro atoms. The first-order chi connectivity index (χ1) is 11.7. The molecule has 3 rings (SSSR count). The lowest BCUT2D eigenvalue weighted by Crippen LogP contribution is -2.32. The highest BCUT2D eigenvalue weighted by molar-refractivity contribution is 7.99. The molecular weight excluding hydrogens is 323 g/mol. The number of rotatable bonds is 5. The molecule has 2 aromatic rings. The Labute approximate surface area is 146 Å². The van der Waals surface area contributed by atoms with Gasteiger partial charge in [-0.05, 0) is 60.2 Å². The molecule has 2 N–H and O–H groups in total. The summed E-state index contributed by atoms with van der Waals surface area (Å²) in [7, 11) is 0. The summed E-state index contributed by atoms with van der Waals surface area (Å²) in [6.07, 6.45) is 2.42. The highest BCUT2D eigenvalue weighted by Gasteiger charge is 2.13. The second-order valence-electron chi connectivity index (χ2n) is 5.93. The standard InChI is InChI=1S/C19H21FN2OS/c20-16-5-2-4-15(12-16)19(23)22-18-6-1-3-14(11-18)13-21-17-7-9-24-10-8-17/h1-6,11-12,17,21H,7-10,13H2,(H,22,23). The van der Waals surface area contributed by atoms with E-state index in [0.29, 0.717) is 11.6 Å². The molecule has 3 nitrogen and oxygen atoms in total. The van der Waals surface area contributed by atoms with Crippen LogP contribution in [0.3, 0.4) is 0 Å². The number of nitrogens with one attached hydrogen (secondary N) is 2. The van der Waals surface area contributed by atoms with E-state index in [1.807, 2.05) is 36.0 Å². The van der Waals surface area contributed by atoms with Crippen LogP contribution in [-0.2, 0) is 6.54 Å². The molecule has 0 aliphatic carbocycles. The first-order valence-electron chi connectivity index (χ1n) is 8.18. The van der Waals surface area contributed by atoms with Crippen LogP contribution in [0.4, 0.5) is 10.1 Å². The second-order valence-corrected chi connectivity index (χ2v) is 7.16. The number of carbonyl (C=O) groups is 1. The SMILES string of the molecule is O=C(Nc1cccc(CNC2CCSCC2)c1)c1cccc(F)c1. The Bertz CT molecular complexity index is 701. The summed E-state index contributed by atoms with van der Waals surface area (Å²) in [5, 5.41) is 6.41. The van der Waals surface area contributed by atoms with E-state index >= 15 is 0 Å². The summed E-state index contributed by atoms with van der Waals surface area (Å²) in [6.45, 7) is 0.791. The van der Waals surface area contributed by atoms with Gasteiger partial charge in [-0.15, -0.1) is 0 Å². The summed E-state index contributed by atoms with van der Waals surface area (Å²) in [6, 6.07) is 14.1. The van der Waals surface area contributed by atoms with Gasteiger partial charge < -0.3 is 10.6 Å². The topological polar surface area (TPSA) is 41.1 Å². The average molecular weight is 344 g/mol. The minimum absolute atomic E-state index is 0.302. The number of anilines is 1. The fourth-order valence-corrected chi connectivity index (χ4v) is 3.86. The van der Waals surface area contributed by atoms with Crippen molar-refractivity contribution in [3.63, 3.8) is 0 Å². The van der Waals surface area contributed by atoms with Crippen LogP contribution < -0.4 is 10.6 Å². The van der Waals surface area contributed by atoms with E-state index in [-0.39, 0.29) is 5.91 Å². The number of hydrogen-bond donors (Lipinski definition) is 2. The summed E-state index contributed by atoms with van der Waals surface area (Å²) in [5.74, 6) is 1.73. The van der Waals surface area contributed by atoms with Crippen LogP contribution in [0.2, 0.25) is 0 Å². The Hall–Kier alpha value is -1.85. The highest BCUT2D eigenvalue weighted by atomic mass is 32.2. The van der Waals surface area contributed by atoms with Crippen molar-refractivity contribution < 1.29 is 9.18 Å². The van der Waals surface area contributed by atoms with E-state index in [0.717, 1.165) is 17.8 Å². The van der Waals surface area contributed by atoms with Gasteiger partial charge in [0.1, 0.15) is 5.82 Å². The van der Waals surface area contributed by atoms with Crippen LogP contribution in [-0.4, -0.2) is 23.5 Å². The van der Waals surface area contributed by atoms with Gasteiger partial charge in [-0.1, -0.05) is 18.2 Å². The van der Waals surface area contributed by atoms with Gasteiger partial charge in [-0.2, -0.15) is 11.8 Å². The van der Waals surface area contributed by atoms with Crippen molar-refractivity contribution in [2.45, 2.75) is 25.4 Å². The van der Waals surface area contributed by atoms with E-state index in [1.165, 1.54) is 42.5 Å². The molecule has 1 amide bonds. The Morgan fingerprint density at radius 3 is 2.71 bits per heavy atom. The van der Waals surface area contributed by atoms with Gasteiger partial charge in [-0.25, -0.2) is 4.39 Å². The van der Waals surface area contributed by atoms with Gasteiger partial charge in [0, 0.05) is 23.8 Å². The summed E-state index contributed by atoms with van der Waals surface area (Å²) in [4.78, 5) is 12.2. The largest absolute Gasteiger partial charge is 0.322 e. The van der Waals surface area contributed by atoms with Gasteiger partial charge >= 0.3 is 0 Å². The minimum Gasteiger partial charge on any atom is -0.322 e. The molecule has 126 valence electrons. The van der Waals surface area contributed by atoms with Crippen molar-refractivity contribution in [2.75, 3.05) is 16.8 Å². The first kappa shape index (κ1) is 17.0. The Morgan fingerprint density at radius 1 is 1.12 bits per heavy atom. The molecule has 0 aromatic heterocycles. The molecule has 2 aromatic carbocycles. The van der Waals surface area contributed by atoms with Crippen molar-refractivity contribution >= 4 is 23.4 Å². The molecule has 24 heavy (non-hydrogen) atoms. The van der Waals surface area contributed by atoms with E-state index in [2.05, 4.69) is 10.6 Å². The second kappa shape index (κ2) is 8.31. The molecule has 0 bridgehead atoms. The maximum atomic E-state index is 13.2. The monoisotopic (exact) mass is 344 g/mol. The smallest absolute Gasteiger partial charge is 0.255 e. The van der Waals surface area contributed by atoms with Crippen molar-refractivity contribution in [1.29, 1.82) is 0 Å². The molecule has 0 unspecified atom stereocenters. The Kier molecular flexibility index (Phi) is 5.88. The van der Waals surface area contributed by atoms with E-state index in [4.69, 9.17) is 0 Å². The van der Waals surface area contributed by atoms with Gasteiger partial charge in [0.2, 0.25) is 0 Å². The molecule has 0 atom stereocenters. The number of halogens is 1. The predicted octanol–water partition coefficient (Wildman–Crippen LogP) is 4.06. The number of thioether (sulfide) groups is 1. The van der Waals surface area contributed by atoms with Crippen LogP contribution in [0, 0.1) is 5.82 Å². The lowest BCUT2D eigenvalue weighted by molar-refractivity contribution is 0.102. The van der Waals surface area contributed by atoms with Crippen molar-refractivity contribution in [3.8, 4) is 0 Å². The van der Waals surface area contributed by atoms with Crippen molar-refractivity contribution in [1.82, 2.24) is 5.32 Å². The van der Waals surface area contributed by atoms with E-state index in [9.17, 15) is 9.18 Å². The van der Waals surface area contributed by atoms with Gasteiger partial charge in [-0.3, -0.25) is 4.79 Å². The molecule has 1 aliphatic rings. The lowest BCUT2D eigenvalue weighted by Gasteiger charge is -2.22. The third-order valence-electron chi connectivity index (χ3n) is 4.09. The van der Waals surface area contributed by atoms with E-state index in [1.54, 1.807) is 6.07 Å². The van der Waals surface area contributed by atoms with Crippen LogP contribution in [0.5, 0.6) is 0 Å². The van der Waals surface area contributed by atoms with Crippen LogP contribution in [0.1, 0.15) is 28.8 Å². The van der Waals surface area contributed by atoms with Gasteiger partial charge in [0.05, 0.1) is 0 Å². The molecule has 1 saturated heterocycles. The quantitative estimate of drug-likeness (QED) is 0.859. The maximum absolute atomic E-state index is 13.2. The molecule has 0 radical (unpaired) electrons. The van der Waals surface area contributed by atoms with Gasteiger partial charge in [0.25, 0.3) is 5.91 Å². The number of amides is 1. The fourth-order valence-electron chi connectivity index (χ4n) is 2.76. The summed E-state index contributed by atoms with van der Waals surface area (Å²) >= 11 is 2.01. The van der Waals surface area contributed by atoms with Crippen LogP contribution in [0.25, 0.3) is 0 Å². The molecule has 0 saturated carbocycles. The Morgan fingerprint density at radius 2 is 1.92 bits per heavy atom. The fraction of sp³-hybridized carbons (Fsp3) is 0.316. The molecule has 1 heterocycles. The normalized spacial score (nSPS) is 15.2. The third-order valence-corrected chi connectivity index (χ3v) is 5.14. The average Bonchev–Trinajstić information content (AvgIpc) is 2.61. The lowest BCUT2D eigenvalue weighted by atomic mass is 10.1. The van der Waals surface area contributed by atoms with Crippen molar-refractivity contribution in [3.05, 3.63) is 65.5 Å². The molecule has 1 fully saturated rings. The predicted molar refractivity (Wildman–Crippen MR) is 98.0 cm³/mol. The third kappa shape index (κ3) is 4.82. The zero-order valence-electron chi connectivity index (χ0n) is 13.4. The number of carbonyl (C=O) groups excluding carboxylic acids is 1. The zero-order valence-corrected chi connectivity index (χ0v) is 14.2. The van der Waals surface area contributed by atoms with Crippen LogP contribution >= 0.6 is 11.8 Å². The Balaban J connectivity index is 1.59. The summed E-state index contributed by atoms with van der Waals surface area (Å²) < 4.78 is 13.2. The number of benzene rings is 2. The molecule has 5 heteroatoms. The maximum Gasteiger partial charge on any atom is 0.255 e. The number of hydrogen-bond acceptors (Lipinski definition) is 3. The van der Waals surface area contributed by atoms with Gasteiger partial charge in [0.15, 0.2) is 0 Å². The highest BCUT2D eigenvalue weighted by Crippen LogP contribution is 2.18. The van der Waals surface area contributed by atoms with Crippen LogP contribution in [0.15, 0.2) is 48.5 Å². The minimum atomic E-state index is -0.411. The molecular formula is C19H21FN2OS. The first-order valence-corrected chi connectivity index (χ1v) is 9.33. The molecule has 1 aliphatic heterocycles.